The van der Waals surface area contributed by atoms with Crippen LogP contribution in [0.15, 0.2) is 35.3 Å². The highest BCUT2D eigenvalue weighted by Gasteiger charge is 2.16. The number of alkyl carbamates (subject to hydrolysis) is 1. The van der Waals surface area contributed by atoms with E-state index in [-0.39, 0.29) is 29.4 Å². The van der Waals surface area contributed by atoms with Crippen LogP contribution >= 0.6 is 27.3 Å². The zero-order valence-electron chi connectivity index (χ0n) is 15.8. The molecule has 0 bridgehead atoms. The van der Waals surface area contributed by atoms with Crippen molar-refractivity contribution in [3.63, 3.8) is 0 Å². The summed E-state index contributed by atoms with van der Waals surface area (Å²) in [4.78, 5) is 36.1. The number of ether oxygens (including phenoxy) is 1. The molecule has 28 heavy (non-hydrogen) atoms. The zero-order valence-corrected chi connectivity index (χ0v) is 18.3. The van der Waals surface area contributed by atoms with Gasteiger partial charge in [0.2, 0.25) is 0 Å². The number of amides is 3. The molecule has 0 aliphatic heterocycles. The maximum Gasteiger partial charge on any atom is 0.407 e. The lowest BCUT2D eigenvalue weighted by atomic mass is 10.2. The number of hydrogen-bond donors (Lipinski definition) is 3. The van der Waals surface area contributed by atoms with E-state index in [4.69, 9.17) is 4.74 Å². The molecule has 0 radical (unpaired) electrons. The summed E-state index contributed by atoms with van der Waals surface area (Å²) in [6.07, 6.45) is -0.524. The second kappa shape index (κ2) is 9.20. The summed E-state index contributed by atoms with van der Waals surface area (Å²) in [5.74, 6) is -0.559. The maximum atomic E-state index is 12.3. The molecule has 2 rings (SSSR count). The molecule has 7 nitrogen and oxygen atoms in total. The van der Waals surface area contributed by atoms with E-state index in [1.54, 1.807) is 39.0 Å². The number of anilines is 1. The molecule has 1 aromatic heterocycles. The lowest BCUT2D eigenvalue weighted by molar-refractivity contribution is -0.112. The zero-order chi connectivity index (χ0) is 20.9. The summed E-state index contributed by atoms with van der Waals surface area (Å²) in [7, 11) is 0. The molecule has 2 aromatic rings. The molecule has 0 aliphatic carbocycles. The van der Waals surface area contributed by atoms with Gasteiger partial charge >= 0.3 is 6.09 Å². The smallest absolute Gasteiger partial charge is 0.407 e. The van der Waals surface area contributed by atoms with Crippen molar-refractivity contribution in [3.05, 3.63) is 40.2 Å². The molecular weight excluding hydrogens is 446 g/mol. The molecule has 0 spiro atoms. The molecule has 0 saturated heterocycles. The molecule has 3 N–H and O–H groups in total. The molecule has 9 heteroatoms. The molecule has 150 valence electrons. The first kappa shape index (κ1) is 21.9. The Hall–Kier alpha value is -2.39. The number of nitrogens with one attached hydrogen (secondary N) is 3. The largest absolute Gasteiger partial charge is 0.444 e. The first-order valence-corrected chi connectivity index (χ1v) is 10.1. The Balaban J connectivity index is 1.90. The topological polar surface area (TPSA) is 96.5 Å². The summed E-state index contributed by atoms with van der Waals surface area (Å²) < 4.78 is 6.28. The van der Waals surface area contributed by atoms with Crippen molar-refractivity contribution in [3.8, 4) is 0 Å². The van der Waals surface area contributed by atoms with Crippen LogP contribution in [0.25, 0.3) is 10.1 Å². The van der Waals surface area contributed by atoms with E-state index in [1.165, 1.54) is 11.3 Å². The van der Waals surface area contributed by atoms with E-state index in [1.807, 2.05) is 6.07 Å². The summed E-state index contributed by atoms with van der Waals surface area (Å²) in [6, 6.07) is 7.16. The third-order valence-electron chi connectivity index (χ3n) is 3.32. The second-order valence-electron chi connectivity index (χ2n) is 6.91. The number of hydrogen-bond acceptors (Lipinski definition) is 5. The number of halogens is 1. The third-order valence-corrected chi connectivity index (χ3v) is 4.80. The summed E-state index contributed by atoms with van der Waals surface area (Å²) >= 11 is 4.38. The van der Waals surface area contributed by atoms with Crippen LogP contribution in [0.3, 0.4) is 0 Å². The maximum absolute atomic E-state index is 12.3. The number of rotatable bonds is 6. The molecule has 3 amide bonds. The van der Waals surface area contributed by atoms with Gasteiger partial charge in [0.15, 0.2) is 0 Å². The summed E-state index contributed by atoms with van der Waals surface area (Å²) in [5.41, 5.74) is 0.0502. The van der Waals surface area contributed by atoms with Crippen LogP contribution in [-0.2, 0) is 9.53 Å². The number of fused-ring (bicyclic) bond motifs is 1. The number of carbonyl (C=O) groups excluding carboxylic acids is 3. The van der Waals surface area contributed by atoms with Gasteiger partial charge in [0.25, 0.3) is 11.8 Å². The first-order chi connectivity index (χ1) is 13.0. The van der Waals surface area contributed by atoms with Crippen LogP contribution in [0.2, 0.25) is 0 Å². The standard InChI is InChI=1S/C19H22BrN3O4S/c1-11(20)16(24)23-13-5-6-14-12(9-13)10-15(28-14)17(25)21-7-8-22-18(26)27-19(2,3)4/h5-6,9-10H,1,7-8H2,2-4H3,(H,21,25)(H,22,26)(H,23,24). The normalized spacial score (nSPS) is 11.0. The minimum Gasteiger partial charge on any atom is -0.444 e. The van der Waals surface area contributed by atoms with E-state index < -0.39 is 11.7 Å². The number of benzene rings is 1. The summed E-state index contributed by atoms with van der Waals surface area (Å²) in [6.45, 7) is 9.41. The fraction of sp³-hybridized carbons (Fsp3) is 0.316. The lowest BCUT2D eigenvalue weighted by Gasteiger charge is -2.19. The van der Waals surface area contributed by atoms with Gasteiger partial charge in [-0.3, -0.25) is 9.59 Å². The van der Waals surface area contributed by atoms with Crippen molar-refractivity contribution in [2.45, 2.75) is 26.4 Å². The van der Waals surface area contributed by atoms with Crippen LogP contribution in [-0.4, -0.2) is 36.6 Å². The van der Waals surface area contributed by atoms with E-state index in [0.717, 1.165) is 10.1 Å². The van der Waals surface area contributed by atoms with Crippen molar-refractivity contribution in [2.75, 3.05) is 18.4 Å². The molecule has 0 fully saturated rings. The number of thiophene rings is 1. The highest BCUT2D eigenvalue weighted by molar-refractivity contribution is 9.12. The molecule has 0 atom stereocenters. The fourth-order valence-corrected chi connectivity index (χ4v) is 3.23. The highest BCUT2D eigenvalue weighted by Crippen LogP contribution is 2.28. The van der Waals surface area contributed by atoms with Crippen LogP contribution < -0.4 is 16.0 Å². The monoisotopic (exact) mass is 467 g/mol. The molecule has 0 aliphatic rings. The Morgan fingerprint density at radius 1 is 1.14 bits per heavy atom. The minimum atomic E-state index is -0.565. The predicted octanol–water partition coefficient (Wildman–Crippen LogP) is 4.00. The quantitative estimate of drug-likeness (QED) is 0.441. The SMILES string of the molecule is C=C(Br)C(=O)Nc1ccc2sc(C(=O)NCCNC(=O)OC(C)(C)C)cc2c1. The lowest BCUT2D eigenvalue weighted by Crippen LogP contribution is -2.37. The van der Waals surface area contributed by atoms with Gasteiger partial charge in [-0.15, -0.1) is 11.3 Å². The third kappa shape index (κ3) is 6.65. The Morgan fingerprint density at radius 2 is 1.82 bits per heavy atom. The summed E-state index contributed by atoms with van der Waals surface area (Å²) in [5, 5.41) is 8.89. The van der Waals surface area contributed by atoms with Gasteiger partial charge < -0.3 is 20.7 Å². The molecule has 0 unspecified atom stereocenters. The minimum absolute atomic E-state index is 0.230. The van der Waals surface area contributed by atoms with Gasteiger partial charge in [0.1, 0.15) is 5.60 Å². The van der Waals surface area contributed by atoms with Gasteiger partial charge in [-0.25, -0.2) is 4.79 Å². The van der Waals surface area contributed by atoms with Gasteiger partial charge in [-0.2, -0.15) is 0 Å². The molecule has 1 heterocycles. The van der Waals surface area contributed by atoms with Crippen molar-refractivity contribution in [1.29, 1.82) is 0 Å². The highest BCUT2D eigenvalue weighted by atomic mass is 79.9. The van der Waals surface area contributed by atoms with E-state index in [2.05, 4.69) is 38.5 Å². The van der Waals surface area contributed by atoms with Gasteiger partial charge in [-0.05, 0) is 66.4 Å². The van der Waals surface area contributed by atoms with Crippen molar-refractivity contribution in [1.82, 2.24) is 10.6 Å². The Labute approximate surface area is 175 Å². The first-order valence-electron chi connectivity index (χ1n) is 8.49. The van der Waals surface area contributed by atoms with E-state index >= 15 is 0 Å². The van der Waals surface area contributed by atoms with Gasteiger partial charge in [0.05, 0.1) is 9.36 Å². The van der Waals surface area contributed by atoms with Crippen molar-refractivity contribution >= 4 is 60.9 Å². The van der Waals surface area contributed by atoms with E-state index in [9.17, 15) is 14.4 Å². The second-order valence-corrected chi connectivity index (χ2v) is 8.95. The van der Waals surface area contributed by atoms with Crippen LogP contribution in [0.5, 0.6) is 0 Å². The Bertz CT molecular complexity index is 918. The molecule has 0 saturated carbocycles. The fourth-order valence-electron chi connectivity index (χ4n) is 2.17. The predicted molar refractivity (Wildman–Crippen MR) is 115 cm³/mol. The molecular formula is C19H22BrN3O4S. The van der Waals surface area contributed by atoms with Gasteiger partial charge in [-0.1, -0.05) is 6.58 Å². The average Bonchev–Trinajstić information content (AvgIpc) is 3.00. The van der Waals surface area contributed by atoms with Crippen LogP contribution in [0, 0.1) is 0 Å². The van der Waals surface area contributed by atoms with Crippen LogP contribution in [0.1, 0.15) is 30.4 Å². The average molecular weight is 468 g/mol. The van der Waals surface area contributed by atoms with E-state index in [0.29, 0.717) is 10.6 Å². The van der Waals surface area contributed by atoms with Crippen LogP contribution in [0.4, 0.5) is 10.5 Å². The van der Waals surface area contributed by atoms with Crippen molar-refractivity contribution in [2.24, 2.45) is 0 Å². The molecule has 1 aromatic carbocycles. The van der Waals surface area contributed by atoms with Gasteiger partial charge in [0, 0.05) is 23.5 Å². The number of carbonyl (C=O) groups is 3. The Morgan fingerprint density at radius 3 is 2.46 bits per heavy atom. The van der Waals surface area contributed by atoms with Crippen molar-refractivity contribution < 1.29 is 19.1 Å². The Kier molecular flexibility index (Phi) is 7.20.